The maximum absolute atomic E-state index is 10.1. The molecule has 0 atom stereocenters. The summed E-state index contributed by atoms with van der Waals surface area (Å²) >= 11 is 6.86. The molecule has 0 aliphatic heterocycles. The van der Waals surface area contributed by atoms with Crippen LogP contribution in [-0.2, 0) is 0 Å². The Bertz CT molecular complexity index is 689. The van der Waals surface area contributed by atoms with Gasteiger partial charge in [-0.1, -0.05) is 31.9 Å². The van der Waals surface area contributed by atoms with Crippen LogP contribution in [0.4, 0.5) is 5.69 Å². The molecule has 0 fully saturated rings. The zero-order chi connectivity index (χ0) is 15.6. The first-order valence-electron chi connectivity index (χ1n) is 6.29. The fourth-order valence-corrected chi connectivity index (χ4v) is 3.23. The molecule has 0 heterocycles. The van der Waals surface area contributed by atoms with Crippen LogP contribution in [0.3, 0.4) is 0 Å². The lowest BCUT2D eigenvalue weighted by atomic mass is 10.1. The first kappa shape index (κ1) is 16.0. The summed E-state index contributed by atoms with van der Waals surface area (Å²) in [5, 5.41) is 10.1. The van der Waals surface area contributed by atoms with Gasteiger partial charge in [-0.25, -0.2) is 0 Å². The normalized spacial score (nSPS) is 11.1. The number of phenolic OH excluding ortho intramolecular Hbond substituents is 1. The third-order valence-electron chi connectivity index (χ3n) is 3.08. The van der Waals surface area contributed by atoms with E-state index in [9.17, 15) is 5.11 Å². The number of nitrogens with zero attached hydrogens (tertiary/aromatic N) is 1. The van der Waals surface area contributed by atoms with Gasteiger partial charge in [-0.3, -0.25) is 4.99 Å². The maximum atomic E-state index is 10.1. The minimum absolute atomic E-state index is 0.0804. The molecule has 0 aliphatic rings. The van der Waals surface area contributed by atoms with Crippen molar-refractivity contribution in [2.24, 2.45) is 4.99 Å². The molecule has 5 heteroatoms. The average molecular weight is 413 g/mol. The molecular weight excluding hydrogens is 398 g/mol. The summed E-state index contributed by atoms with van der Waals surface area (Å²) < 4.78 is 6.99. The quantitative estimate of drug-likeness (QED) is 0.695. The van der Waals surface area contributed by atoms with E-state index in [0.717, 1.165) is 25.8 Å². The summed E-state index contributed by atoms with van der Waals surface area (Å²) in [6.45, 7) is 4.01. The van der Waals surface area contributed by atoms with Gasteiger partial charge in [-0.15, -0.1) is 0 Å². The Morgan fingerprint density at radius 3 is 2.19 bits per heavy atom. The average Bonchev–Trinajstić information content (AvgIpc) is 2.40. The van der Waals surface area contributed by atoms with E-state index in [0.29, 0.717) is 11.3 Å². The molecule has 0 bridgehead atoms. The summed E-state index contributed by atoms with van der Waals surface area (Å²) in [6.07, 6.45) is 1.64. The number of aromatic hydroxyl groups is 1. The number of benzene rings is 2. The lowest BCUT2D eigenvalue weighted by Gasteiger charge is -2.08. The molecule has 2 aromatic rings. The summed E-state index contributed by atoms with van der Waals surface area (Å²) in [5.74, 6) is 0.493. The van der Waals surface area contributed by atoms with Gasteiger partial charge in [-0.05, 0) is 49.2 Å². The van der Waals surface area contributed by atoms with Crippen LogP contribution in [0, 0.1) is 13.8 Å². The van der Waals surface area contributed by atoms with Crippen molar-refractivity contribution in [1.29, 1.82) is 0 Å². The third-order valence-corrected chi connectivity index (χ3v) is 3.99. The Kier molecular flexibility index (Phi) is 5.06. The second kappa shape index (κ2) is 6.62. The molecule has 0 saturated heterocycles. The molecular formula is C16H15Br2NO2. The number of aryl methyl sites for hydroxylation is 2. The molecule has 0 unspecified atom stereocenters. The molecule has 0 saturated carbocycles. The van der Waals surface area contributed by atoms with Crippen LogP contribution in [0.25, 0.3) is 0 Å². The van der Waals surface area contributed by atoms with Crippen molar-refractivity contribution in [2.75, 3.05) is 7.11 Å². The van der Waals surface area contributed by atoms with Crippen LogP contribution in [0.5, 0.6) is 11.5 Å². The van der Waals surface area contributed by atoms with Gasteiger partial charge in [0.2, 0.25) is 0 Å². The number of aliphatic imine (C=N–C) groups is 1. The van der Waals surface area contributed by atoms with Crippen LogP contribution in [-0.4, -0.2) is 18.4 Å². The van der Waals surface area contributed by atoms with Crippen molar-refractivity contribution in [2.45, 2.75) is 13.8 Å². The number of rotatable bonds is 3. The zero-order valence-electron chi connectivity index (χ0n) is 11.9. The summed E-state index contributed by atoms with van der Waals surface area (Å²) in [6, 6.07) is 7.54. The van der Waals surface area contributed by atoms with Crippen molar-refractivity contribution in [1.82, 2.24) is 0 Å². The number of halogens is 2. The Hall–Kier alpha value is -1.33. The maximum Gasteiger partial charge on any atom is 0.166 e. The van der Waals surface area contributed by atoms with E-state index in [2.05, 4.69) is 36.9 Å². The Morgan fingerprint density at radius 1 is 1.05 bits per heavy atom. The molecule has 2 rings (SSSR count). The number of hydrogen-bond acceptors (Lipinski definition) is 3. The lowest BCUT2D eigenvalue weighted by molar-refractivity contribution is 0.373. The number of ether oxygens (including phenoxy) is 1. The van der Waals surface area contributed by atoms with Crippen molar-refractivity contribution < 1.29 is 9.84 Å². The van der Waals surface area contributed by atoms with E-state index in [4.69, 9.17) is 4.74 Å². The molecule has 0 amide bonds. The molecule has 0 radical (unpaired) electrons. The molecule has 3 nitrogen and oxygen atoms in total. The van der Waals surface area contributed by atoms with Crippen LogP contribution in [0.15, 0.2) is 38.2 Å². The SMILES string of the molecule is COc1cc(Br)cc(C=Nc2c(C)cc(Br)cc2C)c1O. The van der Waals surface area contributed by atoms with Gasteiger partial charge >= 0.3 is 0 Å². The first-order valence-corrected chi connectivity index (χ1v) is 7.88. The number of phenols is 1. The predicted molar refractivity (Wildman–Crippen MR) is 93.2 cm³/mol. The van der Waals surface area contributed by atoms with Crippen LogP contribution in [0.2, 0.25) is 0 Å². The van der Waals surface area contributed by atoms with Crippen molar-refractivity contribution in [3.63, 3.8) is 0 Å². The fourth-order valence-electron chi connectivity index (χ4n) is 2.09. The topological polar surface area (TPSA) is 41.8 Å². The molecule has 110 valence electrons. The van der Waals surface area contributed by atoms with Gasteiger partial charge in [0.1, 0.15) is 0 Å². The predicted octanol–water partition coefficient (Wildman–Crippen LogP) is 5.29. The third kappa shape index (κ3) is 3.66. The van der Waals surface area contributed by atoms with Crippen molar-refractivity contribution in [3.8, 4) is 11.5 Å². The largest absolute Gasteiger partial charge is 0.504 e. The molecule has 2 aromatic carbocycles. The highest BCUT2D eigenvalue weighted by molar-refractivity contribution is 9.10. The van der Waals surface area contributed by atoms with Gasteiger partial charge in [0.05, 0.1) is 12.8 Å². The zero-order valence-corrected chi connectivity index (χ0v) is 15.1. The fraction of sp³-hybridized carbons (Fsp3) is 0.188. The van der Waals surface area contributed by atoms with E-state index in [1.54, 1.807) is 18.3 Å². The summed E-state index contributed by atoms with van der Waals surface area (Å²) in [5.41, 5.74) is 3.64. The smallest absolute Gasteiger partial charge is 0.166 e. The molecule has 0 aromatic heterocycles. The Balaban J connectivity index is 2.45. The minimum Gasteiger partial charge on any atom is -0.504 e. The van der Waals surface area contributed by atoms with E-state index in [1.807, 2.05) is 26.0 Å². The van der Waals surface area contributed by atoms with Gasteiger partial charge in [0.15, 0.2) is 11.5 Å². The van der Waals surface area contributed by atoms with Gasteiger partial charge in [0.25, 0.3) is 0 Å². The van der Waals surface area contributed by atoms with Gasteiger partial charge in [-0.2, -0.15) is 0 Å². The van der Waals surface area contributed by atoms with Crippen molar-refractivity contribution >= 4 is 43.8 Å². The standard InChI is InChI=1S/C16H15Br2NO2/c1-9-4-12(17)5-10(2)15(9)19-8-11-6-13(18)7-14(21-3)16(11)20/h4-8,20H,1-3H3. The van der Waals surface area contributed by atoms with Gasteiger partial charge < -0.3 is 9.84 Å². The number of methoxy groups -OCH3 is 1. The van der Waals surface area contributed by atoms with Crippen LogP contribution < -0.4 is 4.74 Å². The highest BCUT2D eigenvalue weighted by Crippen LogP contribution is 2.33. The monoisotopic (exact) mass is 411 g/mol. The molecule has 21 heavy (non-hydrogen) atoms. The van der Waals surface area contributed by atoms with Crippen molar-refractivity contribution in [3.05, 3.63) is 49.9 Å². The Morgan fingerprint density at radius 2 is 1.62 bits per heavy atom. The van der Waals surface area contributed by atoms with Crippen LogP contribution in [0.1, 0.15) is 16.7 Å². The van der Waals surface area contributed by atoms with E-state index in [1.165, 1.54) is 7.11 Å². The number of hydrogen-bond donors (Lipinski definition) is 1. The van der Waals surface area contributed by atoms with E-state index < -0.39 is 0 Å². The molecule has 0 aliphatic carbocycles. The first-order chi connectivity index (χ1) is 9.92. The van der Waals surface area contributed by atoms with E-state index in [-0.39, 0.29) is 5.75 Å². The Labute approximate surface area is 140 Å². The highest BCUT2D eigenvalue weighted by Gasteiger charge is 2.09. The summed E-state index contributed by atoms with van der Waals surface area (Å²) in [4.78, 5) is 4.51. The highest BCUT2D eigenvalue weighted by atomic mass is 79.9. The van der Waals surface area contributed by atoms with Crippen LogP contribution >= 0.6 is 31.9 Å². The lowest BCUT2D eigenvalue weighted by Crippen LogP contribution is -1.90. The minimum atomic E-state index is 0.0804. The molecule has 0 spiro atoms. The second-order valence-corrected chi connectivity index (χ2v) is 6.52. The second-order valence-electron chi connectivity index (χ2n) is 4.69. The van der Waals surface area contributed by atoms with E-state index >= 15 is 0 Å². The molecule has 1 N–H and O–H groups in total. The summed E-state index contributed by atoms with van der Waals surface area (Å²) in [7, 11) is 1.52. The van der Waals surface area contributed by atoms with Gasteiger partial charge in [0, 0.05) is 20.7 Å².